The van der Waals surface area contributed by atoms with Crippen molar-refractivity contribution in [3.8, 4) is 0 Å². The molecule has 0 fully saturated rings. The van der Waals surface area contributed by atoms with Crippen molar-refractivity contribution >= 4 is 12.0 Å². The maximum atomic E-state index is 4.73. The fourth-order valence-electron chi connectivity index (χ4n) is 1.21. The van der Waals surface area contributed by atoms with Crippen molar-refractivity contribution < 1.29 is 9.32 Å². The summed E-state index contributed by atoms with van der Waals surface area (Å²) in [6.45, 7) is 4.40. The molecule has 0 unspecified atom stereocenters. The van der Waals surface area contributed by atoms with Crippen molar-refractivity contribution in [3.63, 3.8) is 0 Å². The first kappa shape index (κ1) is 11.5. The zero-order valence-electron chi connectivity index (χ0n) is 8.40. The van der Waals surface area contributed by atoms with Crippen molar-refractivity contribution in [3.05, 3.63) is 29.8 Å². The Morgan fingerprint density at radius 3 is 2.43 bits per heavy atom. The van der Waals surface area contributed by atoms with Gasteiger partial charge in [-0.25, -0.2) is 0 Å². The van der Waals surface area contributed by atoms with Crippen LogP contribution in [0.15, 0.2) is 29.2 Å². The second-order valence-corrected chi connectivity index (χ2v) is 4.26. The Labute approximate surface area is 88.7 Å². The van der Waals surface area contributed by atoms with E-state index in [1.807, 2.05) is 12.1 Å². The Bertz CT molecular complexity index is 261. The average Bonchev–Trinajstić information content (AvgIpc) is 2.16. The maximum Gasteiger partial charge on any atom is 0.0702 e. The van der Waals surface area contributed by atoms with Crippen LogP contribution in [0, 0.1) is 5.92 Å². The SMILES string of the molecule is CC(C)Cc1ccc(SOON)cc1. The van der Waals surface area contributed by atoms with Crippen LogP contribution in [0.1, 0.15) is 19.4 Å². The third-order valence-electron chi connectivity index (χ3n) is 1.74. The van der Waals surface area contributed by atoms with E-state index in [1.54, 1.807) is 0 Å². The molecular formula is C10H15NO2S. The third kappa shape index (κ3) is 4.11. The van der Waals surface area contributed by atoms with Gasteiger partial charge in [-0.3, -0.25) is 0 Å². The highest BCUT2D eigenvalue weighted by atomic mass is 32.2. The molecule has 1 aromatic carbocycles. The molecule has 0 saturated carbocycles. The van der Waals surface area contributed by atoms with E-state index in [2.05, 4.69) is 35.3 Å². The summed E-state index contributed by atoms with van der Waals surface area (Å²) in [5.74, 6) is 5.41. The minimum absolute atomic E-state index is 0.678. The van der Waals surface area contributed by atoms with Crippen LogP contribution in [0.2, 0.25) is 0 Å². The molecule has 0 aliphatic carbocycles. The van der Waals surface area contributed by atoms with Gasteiger partial charge in [0.05, 0.1) is 12.0 Å². The second-order valence-electron chi connectivity index (χ2n) is 3.49. The normalized spacial score (nSPS) is 10.9. The predicted octanol–water partition coefficient (Wildman–Crippen LogP) is 2.71. The first-order chi connectivity index (χ1) is 6.72. The molecule has 1 rings (SSSR count). The van der Waals surface area contributed by atoms with Crippen molar-refractivity contribution in [2.45, 2.75) is 25.2 Å². The van der Waals surface area contributed by atoms with E-state index >= 15 is 0 Å². The Hall–Kier alpha value is -0.550. The van der Waals surface area contributed by atoms with E-state index < -0.39 is 0 Å². The summed E-state index contributed by atoms with van der Waals surface area (Å²) in [5.41, 5.74) is 1.33. The molecule has 0 atom stereocenters. The van der Waals surface area contributed by atoms with Crippen LogP contribution in [0.5, 0.6) is 0 Å². The molecule has 0 amide bonds. The molecule has 0 spiro atoms. The second kappa shape index (κ2) is 6.03. The zero-order valence-corrected chi connectivity index (χ0v) is 9.21. The minimum atomic E-state index is 0.678. The lowest BCUT2D eigenvalue weighted by atomic mass is 10.0. The van der Waals surface area contributed by atoms with Crippen LogP contribution in [-0.4, -0.2) is 0 Å². The van der Waals surface area contributed by atoms with Crippen LogP contribution in [0.25, 0.3) is 0 Å². The molecule has 4 heteroatoms. The Morgan fingerprint density at radius 2 is 1.93 bits per heavy atom. The van der Waals surface area contributed by atoms with Gasteiger partial charge in [0.15, 0.2) is 0 Å². The van der Waals surface area contributed by atoms with E-state index in [1.165, 1.54) is 5.56 Å². The summed E-state index contributed by atoms with van der Waals surface area (Å²) < 4.78 is 4.53. The molecule has 0 heterocycles. The first-order valence-electron chi connectivity index (χ1n) is 4.51. The van der Waals surface area contributed by atoms with Crippen molar-refractivity contribution in [1.29, 1.82) is 0 Å². The summed E-state index contributed by atoms with van der Waals surface area (Å²) in [6, 6.07) is 8.15. The van der Waals surface area contributed by atoms with Gasteiger partial charge >= 0.3 is 0 Å². The molecule has 0 radical (unpaired) electrons. The Kier molecular flexibility index (Phi) is 4.97. The van der Waals surface area contributed by atoms with Crippen molar-refractivity contribution in [2.75, 3.05) is 0 Å². The summed E-state index contributed by atoms with van der Waals surface area (Å²) in [6.07, 6.45) is 1.10. The number of nitrogens with two attached hydrogens (primary N) is 1. The van der Waals surface area contributed by atoms with Gasteiger partial charge in [0, 0.05) is 4.90 Å². The topological polar surface area (TPSA) is 44.5 Å². The van der Waals surface area contributed by atoms with Crippen LogP contribution >= 0.6 is 12.0 Å². The van der Waals surface area contributed by atoms with Crippen molar-refractivity contribution in [1.82, 2.24) is 0 Å². The highest BCUT2D eigenvalue weighted by Gasteiger charge is 1.99. The fourth-order valence-corrected chi connectivity index (χ4v) is 1.58. The average molecular weight is 213 g/mol. The minimum Gasteiger partial charge on any atom is -0.182 e. The zero-order chi connectivity index (χ0) is 10.4. The number of rotatable bonds is 5. The molecule has 1 aromatic rings. The molecule has 3 nitrogen and oxygen atoms in total. The Morgan fingerprint density at radius 1 is 1.29 bits per heavy atom. The molecule has 0 aromatic heterocycles. The number of benzene rings is 1. The van der Waals surface area contributed by atoms with Gasteiger partial charge in [-0.05, 0) is 30.0 Å². The van der Waals surface area contributed by atoms with E-state index in [0.717, 1.165) is 23.4 Å². The quantitative estimate of drug-likeness (QED) is 0.464. The van der Waals surface area contributed by atoms with Gasteiger partial charge in [-0.15, -0.1) is 9.32 Å². The molecule has 0 aliphatic heterocycles. The van der Waals surface area contributed by atoms with Crippen molar-refractivity contribution in [2.24, 2.45) is 11.8 Å². The van der Waals surface area contributed by atoms with E-state index in [9.17, 15) is 0 Å². The van der Waals surface area contributed by atoms with Gasteiger partial charge in [0.1, 0.15) is 0 Å². The molecule has 0 bridgehead atoms. The summed E-state index contributed by atoms with van der Waals surface area (Å²) in [5, 5.41) is 0. The lowest BCUT2D eigenvalue weighted by Crippen LogP contribution is -1.95. The molecule has 2 N–H and O–H groups in total. The highest BCUT2D eigenvalue weighted by Crippen LogP contribution is 2.20. The number of hydrogen-bond acceptors (Lipinski definition) is 4. The van der Waals surface area contributed by atoms with E-state index in [0.29, 0.717) is 5.92 Å². The molecule has 14 heavy (non-hydrogen) atoms. The first-order valence-corrected chi connectivity index (χ1v) is 5.25. The smallest absolute Gasteiger partial charge is 0.0702 e. The molecule has 0 aliphatic rings. The lowest BCUT2D eigenvalue weighted by molar-refractivity contribution is -0.195. The standard InChI is InChI=1S/C10H15NO2S/c1-8(2)7-9-3-5-10(6-4-9)14-13-12-11/h3-6,8H,7,11H2,1-2H3. The highest BCUT2D eigenvalue weighted by molar-refractivity contribution is 7.94. The van der Waals surface area contributed by atoms with E-state index in [-0.39, 0.29) is 0 Å². The van der Waals surface area contributed by atoms with Gasteiger partial charge in [-0.1, -0.05) is 26.0 Å². The monoisotopic (exact) mass is 213 g/mol. The lowest BCUT2D eigenvalue weighted by Gasteiger charge is -2.05. The summed E-state index contributed by atoms with van der Waals surface area (Å²) in [4.78, 5) is 4.98. The molecule has 0 saturated heterocycles. The largest absolute Gasteiger partial charge is 0.182 e. The Balaban J connectivity index is 2.50. The maximum absolute atomic E-state index is 4.73. The van der Waals surface area contributed by atoms with Crippen LogP contribution in [-0.2, 0) is 15.7 Å². The van der Waals surface area contributed by atoms with Crippen LogP contribution in [0.3, 0.4) is 0 Å². The van der Waals surface area contributed by atoms with Gasteiger partial charge < -0.3 is 0 Å². The van der Waals surface area contributed by atoms with E-state index in [4.69, 9.17) is 5.90 Å². The van der Waals surface area contributed by atoms with Gasteiger partial charge in [0.2, 0.25) is 0 Å². The molecule has 78 valence electrons. The van der Waals surface area contributed by atoms with Crippen LogP contribution < -0.4 is 5.90 Å². The van der Waals surface area contributed by atoms with Crippen LogP contribution in [0.4, 0.5) is 0 Å². The van der Waals surface area contributed by atoms with Gasteiger partial charge in [0.25, 0.3) is 0 Å². The predicted molar refractivity (Wildman–Crippen MR) is 57.2 cm³/mol. The molecular weight excluding hydrogens is 198 g/mol. The third-order valence-corrected chi connectivity index (χ3v) is 2.35. The number of hydrogen-bond donors (Lipinski definition) is 1. The summed E-state index contributed by atoms with van der Waals surface area (Å²) >= 11 is 1.10. The summed E-state index contributed by atoms with van der Waals surface area (Å²) in [7, 11) is 0. The van der Waals surface area contributed by atoms with Gasteiger partial charge in [-0.2, -0.15) is 5.90 Å². The fraction of sp³-hybridized carbons (Fsp3) is 0.400.